The first-order valence-corrected chi connectivity index (χ1v) is 11.5. The lowest BCUT2D eigenvalue weighted by Gasteiger charge is -2.30. The van der Waals surface area contributed by atoms with Gasteiger partial charge in [0.1, 0.15) is 17.5 Å². The van der Waals surface area contributed by atoms with Gasteiger partial charge in [-0.25, -0.2) is 0 Å². The van der Waals surface area contributed by atoms with Gasteiger partial charge >= 0.3 is 5.69 Å². The number of hydrogen-bond acceptors (Lipinski definition) is 7. The Balaban J connectivity index is 2.24. The summed E-state index contributed by atoms with van der Waals surface area (Å²) >= 11 is 0. The lowest BCUT2D eigenvalue weighted by Crippen LogP contribution is -2.50. The highest BCUT2D eigenvalue weighted by Gasteiger charge is 2.29. The zero-order chi connectivity index (χ0) is 25.8. The smallest absolute Gasteiger partial charge is 0.311 e. The fraction of sp³-hybridized carbons (Fsp3) is 0.440. The first kappa shape index (κ1) is 27.4. The highest BCUT2D eigenvalue weighted by atomic mass is 16.6. The maximum atomic E-state index is 13.3. The van der Waals surface area contributed by atoms with Gasteiger partial charge in [-0.05, 0) is 36.6 Å². The van der Waals surface area contributed by atoms with E-state index in [0.29, 0.717) is 18.7 Å². The number of rotatable bonds is 14. The van der Waals surface area contributed by atoms with E-state index in [4.69, 9.17) is 14.2 Å². The summed E-state index contributed by atoms with van der Waals surface area (Å²) in [7, 11) is 2.88. The standard InChI is InChI=1S/C25H33N3O7/c1-5-7-13-26-25(30)21(6-2)27(16-18-9-8-10-19(14-18)33-3)24(29)17-35-20-11-12-22(28(31)32)23(15-20)34-4/h8-12,14-15,21H,5-7,13,16-17H2,1-4H3,(H,26,30)/t21-/m0/s1. The zero-order valence-electron chi connectivity index (χ0n) is 20.6. The molecular formula is C25H33N3O7. The predicted molar refractivity (Wildman–Crippen MR) is 131 cm³/mol. The van der Waals surface area contributed by atoms with Crippen LogP contribution in [-0.2, 0) is 16.1 Å². The van der Waals surface area contributed by atoms with Crippen molar-refractivity contribution in [2.45, 2.75) is 45.7 Å². The van der Waals surface area contributed by atoms with Crippen molar-refractivity contribution in [3.63, 3.8) is 0 Å². The minimum absolute atomic E-state index is 0.0231. The van der Waals surface area contributed by atoms with Crippen LogP contribution in [0.15, 0.2) is 42.5 Å². The van der Waals surface area contributed by atoms with E-state index in [9.17, 15) is 19.7 Å². The molecule has 2 aromatic rings. The molecule has 0 unspecified atom stereocenters. The molecule has 0 radical (unpaired) electrons. The molecule has 0 heterocycles. The first-order chi connectivity index (χ1) is 16.8. The SMILES string of the molecule is CCCCNC(=O)[C@H](CC)N(Cc1cccc(OC)c1)C(=O)COc1ccc([N+](=O)[O-])c(OC)c1. The van der Waals surface area contributed by atoms with Gasteiger partial charge < -0.3 is 24.4 Å². The predicted octanol–water partition coefficient (Wildman–Crippen LogP) is 3.71. The summed E-state index contributed by atoms with van der Waals surface area (Å²) in [6.45, 7) is 4.24. The molecule has 0 aromatic heterocycles. The van der Waals surface area contributed by atoms with Crippen molar-refractivity contribution in [3.05, 3.63) is 58.1 Å². The molecule has 1 atom stereocenters. The number of nitrogens with zero attached hydrogens (tertiary/aromatic N) is 2. The molecule has 2 amide bonds. The van der Waals surface area contributed by atoms with E-state index in [-0.39, 0.29) is 36.2 Å². The van der Waals surface area contributed by atoms with Crippen LogP contribution in [0.25, 0.3) is 0 Å². The number of benzene rings is 2. The van der Waals surface area contributed by atoms with E-state index in [0.717, 1.165) is 18.4 Å². The van der Waals surface area contributed by atoms with Gasteiger partial charge in [-0.2, -0.15) is 0 Å². The van der Waals surface area contributed by atoms with E-state index < -0.39 is 16.9 Å². The second-order valence-electron chi connectivity index (χ2n) is 7.82. The molecule has 0 aliphatic rings. The summed E-state index contributed by atoms with van der Waals surface area (Å²) < 4.78 is 16.0. The number of unbranched alkanes of at least 4 members (excludes halogenated alkanes) is 1. The quantitative estimate of drug-likeness (QED) is 0.245. The van der Waals surface area contributed by atoms with Gasteiger partial charge in [0, 0.05) is 25.2 Å². The largest absolute Gasteiger partial charge is 0.497 e. The van der Waals surface area contributed by atoms with Crippen LogP contribution in [0, 0.1) is 10.1 Å². The molecule has 0 saturated carbocycles. The molecule has 1 N–H and O–H groups in total. The third-order valence-electron chi connectivity index (χ3n) is 5.41. The number of nitro benzene ring substituents is 1. The number of nitrogens with one attached hydrogen (secondary N) is 1. The Kier molecular flexibility index (Phi) is 10.8. The van der Waals surface area contributed by atoms with Gasteiger partial charge in [0.05, 0.1) is 19.1 Å². The monoisotopic (exact) mass is 487 g/mol. The molecule has 0 saturated heterocycles. The summed E-state index contributed by atoms with van der Waals surface area (Å²) in [6, 6.07) is 10.6. The van der Waals surface area contributed by atoms with Gasteiger partial charge in [-0.3, -0.25) is 19.7 Å². The van der Waals surface area contributed by atoms with Gasteiger partial charge in [0.15, 0.2) is 6.61 Å². The molecule has 10 nitrogen and oxygen atoms in total. The lowest BCUT2D eigenvalue weighted by atomic mass is 10.1. The maximum Gasteiger partial charge on any atom is 0.311 e. The molecule has 35 heavy (non-hydrogen) atoms. The third kappa shape index (κ3) is 7.87. The van der Waals surface area contributed by atoms with E-state index in [1.165, 1.54) is 30.2 Å². The molecule has 2 aromatic carbocycles. The van der Waals surface area contributed by atoms with Gasteiger partial charge in [0.25, 0.3) is 5.91 Å². The normalized spacial score (nSPS) is 11.3. The average Bonchev–Trinajstić information content (AvgIpc) is 2.87. The molecule has 190 valence electrons. The van der Waals surface area contributed by atoms with Crippen LogP contribution in [0.5, 0.6) is 17.2 Å². The minimum Gasteiger partial charge on any atom is -0.497 e. The maximum absolute atomic E-state index is 13.3. The molecular weight excluding hydrogens is 454 g/mol. The number of nitro groups is 1. The Morgan fingerprint density at radius 2 is 1.86 bits per heavy atom. The molecule has 0 bridgehead atoms. The topological polar surface area (TPSA) is 120 Å². The van der Waals surface area contributed by atoms with Crippen LogP contribution in [0.3, 0.4) is 0 Å². The molecule has 0 aliphatic heterocycles. The lowest BCUT2D eigenvalue weighted by molar-refractivity contribution is -0.385. The van der Waals surface area contributed by atoms with Crippen LogP contribution in [0.4, 0.5) is 5.69 Å². The Morgan fingerprint density at radius 1 is 1.09 bits per heavy atom. The van der Waals surface area contributed by atoms with Crippen molar-refractivity contribution in [1.29, 1.82) is 0 Å². The second-order valence-corrected chi connectivity index (χ2v) is 7.82. The van der Waals surface area contributed by atoms with Crippen molar-refractivity contribution >= 4 is 17.5 Å². The van der Waals surface area contributed by atoms with Crippen molar-refractivity contribution in [3.8, 4) is 17.2 Å². The summed E-state index contributed by atoms with van der Waals surface area (Å²) in [4.78, 5) is 38.2. The molecule has 0 spiro atoms. The fourth-order valence-corrected chi connectivity index (χ4v) is 3.52. The van der Waals surface area contributed by atoms with Crippen LogP contribution in [0.1, 0.15) is 38.7 Å². The summed E-state index contributed by atoms with van der Waals surface area (Å²) in [5, 5.41) is 14.0. The Hall–Kier alpha value is -3.82. The highest BCUT2D eigenvalue weighted by Crippen LogP contribution is 2.30. The third-order valence-corrected chi connectivity index (χ3v) is 5.41. The Bertz CT molecular complexity index is 1010. The van der Waals surface area contributed by atoms with Gasteiger partial charge in [-0.1, -0.05) is 32.4 Å². The van der Waals surface area contributed by atoms with Crippen molar-refractivity contribution in [2.75, 3.05) is 27.4 Å². The van der Waals surface area contributed by atoms with Crippen LogP contribution >= 0.6 is 0 Å². The highest BCUT2D eigenvalue weighted by molar-refractivity contribution is 5.88. The summed E-state index contributed by atoms with van der Waals surface area (Å²) in [6.07, 6.45) is 2.20. The van der Waals surface area contributed by atoms with Crippen LogP contribution in [-0.4, -0.2) is 55.1 Å². The van der Waals surface area contributed by atoms with E-state index >= 15 is 0 Å². The average molecular weight is 488 g/mol. The molecule has 0 aliphatic carbocycles. The molecule has 2 rings (SSSR count). The van der Waals surface area contributed by atoms with Crippen molar-refractivity contribution in [1.82, 2.24) is 10.2 Å². The van der Waals surface area contributed by atoms with Gasteiger partial charge in [-0.15, -0.1) is 0 Å². The fourth-order valence-electron chi connectivity index (χ4n) is 3.52. The van der Waals surface area contributed by atoms with E-state index in [1.807, 2.05) is 32.0 Å². The number of carbonyl (C=O) groups is 2. The Labute approximate surface area is 205 Å². The van der Waals surface area contributed by atoms with Crippen molar-refractivity contribution < 1.29 is 28.7 Å². The summed E-state index contributed by atoms with van der Waals surface area (Å²) in [5.41, 5.74) is 0.593. The number of ether oxygens (including phenoxy) is 3. The molecule has 0 fully saturated rings. The van der Waals surface area contributed by atoms with E-state index in [2.05, 4.69) is 5.32 Å². The second kappa shape index (κ2) is 13.8. The first-order valence-electron chi connectivity index (χ1n) is 11.5. The number of hydrogen-bond donors (Lipinski definition) is 1. The number of carbonyl (C=O) groups excluding carboxylic acids is 2. The van der Waals surface area contributed by atoms with Crippen LogP contribution in [0.2, 0.25) is 0 Å². The number of methoxy groups -OCH3 is 2. The van der Waals surface area contributed by atoms with E-state index in [1.54, 1.807) is 13.2 Å². The zero-order valence-corrected chi connectivity index (χ0v) is 20.6. The van der Waals surface area contributed by atoms with Crippen molar-refractivity contribution in [2.24, 2.45) is 0 Å². The molecule has 10 heteroatoms. The van der Waals surface area contributed by atoms with Crippen LogP contribution < -0.4 is 19.5 Å². The number of amides is 2. The minimum atomic E-state index is -0.694. The van der Waals surface area contributed by atoms with Gasteiger partial charge in [0.2, 0.25) is 11.7 Å². The summed E-state index contributed by atoms with van der Waals surface area (Å²) in [5.74, 6) is 0.277. The Morgan fingerprint density at radius 3 is 2.49 bits per heavy atom.